The van der Waals surface area contributed by atoms with Crippen LogP contribution < -0.4 is 0 Å². The summed E-state index contributed by atoms with van der Waals surface area (Å²) in [7, 11) is -6.43. The van der Waals surface area contributed by atoms with Crippen LogP contribution in [-0.4, -0.2) is 36.5 Å². The van der Waals surface area contributed by atoms with E-state index < -0.39 is 39.0 Å². The number of ether oxygens (including phenoxy) is 1. The summed E-state index contributed by atoms with van der Waals surface area (Å²) in [6, 6.07) is 0. The Bertz CT molecular complexity index is 618. The smallest absolute Gasteiger partial charge is 0.432 e. The molecule has 0 radical (unpaired) electrons. The maximum atomic E-state index is 13.5. The van der Waals surface area contributed by atoms with Gasteiger partial charge in [0.2, 0.25) is 0 Å². The van der Waals surface area contributed by atoms with Crippen molar-refractivity contribution in [3.05, 3.63) is 0 Å². The van der Waals surface area contributed by atoms with Gasteiger partial charge in [-0.2, -0.15) is 30.4 Å². The minimum absolute atomic E-state index is 0.0940. The van der Waals surface area contributed by atoms with Crippen molar-refractivity contribution in [2.45, 2.75) is 63.0 Å². The van der Waals surface area contributed by atoms with Crippen molar-refractivity contribution in [3.8, 4) is 0 Å². The molecule has 0 amide bonds. The number of halogens is 5. The maximum absolute atomic E-state index is 13.5. The highest BCUT2D eigenvalue weighted by Gasteiger charge is 2.66. The van der Waals surface area contributed by atoms with E-state index in [2.05, 4.69) is 4.74 Å². The predicted octanol–water partition coefficient (Wildman–Crippen LogP) is 3.55. The second-order valence-corrected chi connectivity index (χ2v) is 8.73. The minimum atomic E-state index is -6.43. The van der Waals surface area contributed by atoms with Gasteiger partial charge in [-0.05, 0) is 38.0 Å². The van der Waals surface area contributed by atoms with Crippen molar-refractivity contribution in [1.82, 2.24) is 0 Å². The van der Waals surface area contributed by atoms with Gasteiger partial charge in [-0.1, -0.05) is 19.3 Å². The molecule has 0 aromatic rings. The molecule has 5 nitrogen and oxygen atoms in total. The van der Waals surface area contributed by atoms with E-state index in [1.54, 1.807) is 0 Å². The second-order valence-electron chi connectivity index (χ2n) is 7.23. The fraction of sp³-hybridized carbons (Fsp3) is 0.929. The Morgan fingerprint density at radius 2 is 1.64 bits per heavy atom. The molecule has 2 aliphatic rings. The van der Waals surface area contributed by atoms with Gasteiger partial charge in [0.15, 0.2) is 0 Å². The van der Waals surface area contributed by atoms with Gasteiger partial charge in [-0.15, -0.1) is 0 Å². The Hall–Kier alpha value is -0.970. The molecule has 0 saturated heterocycles. The molecule has 2 bridgehead atoms. The average molecular weight is 394 g/mol. The van der Waals surface area contributed by atoms with Crippen LogP contribution in [0.15, 0.2) is 0 Å². The molecule has 0 heterocycles. The van der Waals surface area contributed by atoms with Crippen molar-refractivity contribution in [3.63, 3.8) is 0 Å². The lowest BCUT2D eigenvalue weighted by Gasteiger charge is -2.44. The normalized spacial score (nSPS) is 32.1. The Kier molecular flexibility index (Phi) is 5.15. The number of fused-ring (bicyclic) bond motifs is 2. The van der Waals surface area contributed by atoms with Gasteiger partial charge in [-0.25, -0.2) is 0 Å². The number of rotatable bonds is 4. The summed E-state index contributed by atoms with van der Waals surface area (Å²) in [6.07, 6.45) is -6.38. The van der Waals surface area contributed by atoms with E-state index >= 15 is 0 Å². The van der Waals surface area contributed by atoms with Gasteiger partial charge in [0.25, 0.3) is 6.10 Å². The summed E-state index contributed by atoms with van der Waals surface area (Å²) in [5.41, 5.74) is -1.40. The van der Waals surface area contributed by atoms with Gasteiger partial charge in [0, 0.05) is 0 Å². The van der Waals surface area contributed by atoms with Gasteiger partial charge in [0.05, 0.1) is 5.41 Å². The van der Waals surface area contributed by atoms with E-state index in [-0.39, 0.29) is 24.7 Å². The third kappa shape index (κ3) is 4.07. The Morgan fingerprint density at radius 3 is 2.04 bits per heavy atom. The van der Waals surface area contributed by atoms with Gasteiger partial charge >= 0.3 is 27.5 Å². The van der Waals surface area contributed by atoms with Gasteiger partial charge in [0.1, 0.15) is 0 Å². The summed E-state index contributed by atoms with van der Waals surface area (Å²) >= 11 is 0. The highest BCUT2D eigenvalue weighted by atomic mass is 32.2. The molecule has 11 heteroatoms. The SMILES string of the molecule is CC1(C(=O)OC(C(F)(F)F)C(F)(F)S(=O)(=O)O)CC2CCCC(C2)C1. The summed E-state index contributed by atoms with van der Waals surface area (Å²) in [5.74, 6) is -1.33. The van der Waals surface area contributed by atoms with Crippen LogP contribution in [0.2, 0.25) is 0 Å². The number of carbonyl (C=O) groups is 1. The first-order valence-corrected chi connectivity index (χ1v) is 9.23. The number of carbonyl (C=O) groups excluding carboxylic acids is 1. The fourth-order valence-electron chi connectivity index (χ4n) is 4.01. The van der Waals surface area contributed by atoms with E-state index in [1.807, 2.05) is 0 Å². The van der Waals surface area contributed by atoms with Crippen LogP contribution >= 0.6 is 0 Å². The van der Waals surface area contributed by atoms with Crippen molar-refractivity contribution in [2.24, 2.45) is 17.3 Å². The van der Waals surface area contributed by atoms with E-state index in [4.69, 9.17) is 4.55 Å². The monoisotopic (exact) mass is 394 g/mol. The molecular formula is C14H19F5O5S. The van der Waals surface area contributed by atoms with Crippen molar-refractivity contribution >= 4 is 16.1 Å². The summed E-state index contributed by atoms with van der Waals surface area (Å²) in [5, 5.41) is -5.69. The number of alkyl halides is 5. The molecule has 146 valence electrons. The molecule has 0 aromatic heterocycles. The standard InChI is InChI=1S/C14H19F5O5S/c1-12(6-8-3-2-4-9(5-8)7-12)11(20)24-10(13(15,16)17)14(18,19)25(21,22)23/h8-10H,2-7H2,1H3,(H,21,22,23). The van der Waals surface area contributed by atoms with Gasteiger partial charge in [-0.3, -0.25) is 9.35 Å². The maximum Gasteiger partial charge on any atom is 0.432 e. The Morgan fingerprint density at radius 1 is 1.16 bits per heavy atom. The van der Waals surface area contributed by atoms with Crippen LogP contribution in [0.25, 0.3) is 0 Å². The molecule has 0 spiro atoms. The number of esters is 1. The first-order valence-electron chi connectivity index (χ1n) is 7.79. The summed E-state index contributed by atoms with van der Waals surface area (Å²) < 4.78 is 99.5. The third-order valence-corrected chi connectivity index (χ3v) is 5.94. The summed E-state index contributed by atoms with van der Waals surface area (Å²) in [6.45, 7) is 1.35. The highest BCUT2D eigenvalue weighted by Crippen LogP contribution is 2.50. The van der Waals surface area contributed by atoms with Crippen LogP contribution in [0.3, 0.4) is 0 Å². The quantitative estimate of drug-likeness (QED) is 0.448. The third-order valence-electron chi connectivity index (χ3n) is 5.03. The van der Waals surface area contributed by atoms with Crippen molar-refractivity contribution in [2.75, 3.05) is 0 Å². The molecule has 2 saturated carbocycles. The second kappa shape index (κ2) is 6.33. The average Bonchev–Trinajstić information content (AvgIpc) is 2.41. The van der Waals surface area contributed by atoms with E-state index in [9.17, 15) is 35.2 Å². The van der Waals surface area contributed by atoms with E-state index in [0.29, 0.717) is 0 Å². The molecule has 0 aliphatic heterocycles. The zero-order valence-corrected chi connectivity index (χ0v) is 14.2. The Labute approximate surface area is 141 Å². The molecule has 25 heavy (non-hydrogen) atoms. The minimum Gasteiger partial charge on any atom is -0.444 e. The first-order chi connectivity index (χ1) is 11.2. The zero-order valence-electron chi connectivity index (χ0n) is 13.4. The zero-order chi connectivity index (χ0) is 19.3. The van der Waals surface area contributed by atoms with E-state index in [0.717, 1.165) is 25.7 Å². The molecule has 2 aliphatic carbocycles. The fourth-order valence-corrected chi connectivity index (χ4v) is 4.46. The lowest BCUT2D eigenvalue weighted by atomic mass is 9.61. The summed E-state index contributed by atoms with van der Waals surface area (Å²) in [4.78, 5) is 12.2. The molecule has 2 rings (SSSR count). The van der Waals surface area contributed by atoms with Crippen LogP contribution in [0, 0.1) is 17.3 Å². The lowest BCUT2D eigenvalue weighted by Crippen LogP contribution is -2.54. The molecule has 3 unspecified atom stereocenters. The molecular weight excluding hydrogens is 375 g/mol. The molecule has 0 aromatic carbocycles. The topological polar surface area (TPSA) is 80.7 Å². The number of hydrogen-bond acceptors (Lipinski definition) is 4. The van der Waals surface area contributed by atoms with Crippen LogP contribution in [0.5, 0.6) is 0 Å². The van der Waals surface area contributed by atoms with Crippen molar-refractivity contribution < 1.29 is 44.5 Å². The van der Waals surface area contributed by atoms with Crippen LogP contribution in [0.1, 0.15) is 45.4 Å². The first kappa shape index (κ1) is 20.3. The Balaban J connectivity index is 2.26. The van der Waals surface area contributed by atoms with Crippen LogP contribution in [-0.2, 0) is 19.6 Å². The van der Waals surface area contributed by atoms with Gasteiger partial charge < -0.3 is 4.74 Å². The van der Waals surface area contributed by atoms with Crippen molar-refractivity contribution in [1.29, 1.82) is 0 Å². The molecule has 1 N–H and O–H groups in total. The van der Waals surface area contributed by atoms with E-state index in [1.165, 1.54) is 6.92 Å². The lowest BCUT2D eigenvalue weighted by molar-refractivity contribution is -0.263. The number of hydrogen-bond donors (Lipinski definition) is 1. The molecule has 2 fully saturated rings. The largest absolute Gasteiger partial charge is 0.444 e. The highest BCUT2D eigenvalue weighted by molar-refractivity contribution is 7.86. The van der Waals surface area contributed by atoms with Crippen LogP contribution in [0.4, 0.5) is 22.0 Å². The molecule has 3 atom stereocenters. The predicted molar refractivity (Wildman–Crippen MR) is 75.2 cm³/mol.